The molecular formula is C13H12ClNO. The average Bonchev–Trinajstić information content (AvgIpc) is 2.30. The van der Waals surface area contributed by atoms with Gasteiger partial charge in [-0.25, -0.2) is 0 Å². The predicted molar refractivity (Wildman–Crippen MR) is 66.0 cm³/mol. The van der Waals surface area contributed by atoms with Crippen molar-refractivity contribution in [3.05, 3.63) is 47.1 Å². The Morgan fingerprint density at radius 2 is 2.00 bits per heavy atom. The molecule has 0 aliphatic rings. The first-order chi connectivity index (χ1) is 7.70. The van der Waals surface area contributed by atoms with Gasteiger partial charge >= 0.3 is 0 Å². The first-order valence-corrected chi connectivity index (χ1v) is 5.35. The van der Waals surface area contributed by atoms with Gasteiger partial charge in [-0.3, -0.25) is 4.98 Å². The van der Waals surface area contributed by atoms with Crippen LogP contribution in [0.3, 0.4) is 0 Å². The van der Waals surface area contributed by atoms with Crippen LogP contribution < -0.4 is 4.74 Å². The lowest BCUT2D eigenvalue weighted by molar-refractivity contribution is 0.412. The summed E-state index contributed by atoms with van der Waals surface area (Å²) in [5.74, 6) is 0.887. The Bertz CT molecular complexity index is 494. The van der Waals surface area contributed by atoms with Crippen molar-refractivity contribution in [3.8, 4) is 17.0 Å². The molecule has 1 aromatic carbocycles. The molecule has 0 saturated heterocycles. The Labute approximate surface area is 99.9 Å². The van der Waals surface area contributed by atoms with Gasteiger partial charge in [0.05, 0.1) is 17.8 Å². The number of methoxy groups -OCH3 is 1. The standard InChI is InChI=1S/C13H12ClNO/c1-9-7-10(3-6-13(9)16-2)12-5-4-11(14)8-15-12/h3-8H,1-2H3. The third kappa shape index (κ3) is 2.17. The van der Waals surface area contributed by atoms with Crippen molar-refractivity contribution in [3.63, 3.8) is 0 Å². The zero-order valence-corrected chi connectivity index (χ0v) is 9.95. The minimum Gasteiger partial charge on any atom is -0.496 e. The van der Waals surface area contributed by atoms with Gasteiger partial charge in [-0.2, -0.15) is 0 Å². The molecule has 0 fully saturated rings. The Balaban J connectivity index is 2.41. The minimum absolute atomic E-state index is 0.647. The van der Waals surface area contributed by atoms with Gasteiger partial charge in [-0.05, 0) is 42.8 Å². The maximum Gasteiger partial charge on any atom is 0.121 e. The molecule has 2 nitrogen and oxygen atoms in total. The first-order valence-electron chi connectivity index (χ1n) is 4.97. The summed E-state index contributed by atoms with van der Waals surface area (Å²) in [5, 5.41) is 0.647. The highest BCUT2D eigenvalue weighted by Gasteiger charge is 2.03. The van der Waals surface area contributed by atoms with E-state index < -0.39 is 0 Å². The normalized spacial score (nSPS) is 10.2. The molecule has 16 heavy (non-hydrogen) atoms. The molecular weight excluding hydrogens is 222 g/mol. The van der Waals surface area contributed by atoms with Crippen molar-refractivity contribution in [2.45, 2.75) is 6.92 Å². The lowest BCUT2D eigenvalue weighted by Crippen LogP contribution is -1.88. The second kappa shape index (κ2) is 4.54. The fourth-order valence-corrected chi connectivity index (χ4v) is 1.70. The minimum atomic E-state index is 0.647. The highest BCUT2D eigenvalue weighted by molar-refractivity contribution is 6.30. The molecule has 1 heterocycles. The van der Waals surface area contributed by atoms with E-state index in [9.17, 15) is 0 Å². The van der Waals surface area contributed by atoms with Gasteiger partial charge in [0.2, 0.25) is 0 Å². The maximum absolute atomic E-state index is 5.80. The van der Waals surface area contributed by atoms with Crippen LogP contribution >= 0.6 is 11.6 Å². The van der Waals surface area contributed by atoms with Crippen LogP contribution in [0.4, 0.5) is 0 Å². The Morgan fingerprint density at radius 3 is 2.56 bits per heavy atom. The van der Waals surface area contributed by atoms with Crippen LogP contribution in [0.1, 0.15) is 5.56 Å². The van der Waals surface area contributed by atoms with E-state index in [1.54, 1.807) is 13.3 Å². The van der Waals surface area contributed by atoms with Gasteiger partial charge in [0, 0.05) is 11.8 Å². The van der Waals surface area contributed by atoms with Gasteiger partial charge in [0.15, 0.2) is 0 Å². The third-order valence-corrected chi connectivity index (χ3v) is 2.64. The molecule has 0 bridgehead atoms. The van der Waals surface area contributed by atoms with Crippen molar-refractivity contribution in [1.29, 1.82) is 0 Å². The van der Waals surface area contributed by atoms with Crippen molar-refractivity contribution >= 4 is 11.6 Å². The van der Waals surface area contributed by atoms with E-state index in [0.717, 1.165) is 22.6 Å². The molecule has 0 unspecified atom stereocenters. The van der Waals surface area contributed by atoms with Crippen LogP contribution in [0.2, 0.25) is 5.02 Å². The van der Waals surface area contributed by atoms with Crippen LogP contribution in [-0.4, -0.2) is 12.1 Å². The van der Waals surface area contributed by atoms with Crippen molar-refractivity contribution in [1.82, 2.24) is 4.98 Å². The third-order valence-electron chi connectivity index (χ3n) is 2.42. The summed E-state index contributed by atoms with van der Waals surface area (Å²) in [6.45, 7) is 2.01. The Kier molecular flexibility index (Phi) is 3.11. The van der Waals surface area contributed by atoms with Crippen LogP contribution in [0, 0.1) is 6.92 Å². The topological polar surface area (TPSA) is 22.1 Å². The van der Waals surface area contributed by atoms with Gasteiger partial charge in [-0.1, -0.05) is 11.6 Å². The van der Waals surface area contributed by atoms with Crippen molar-refractivity contribution in [2.75, 3.05) is 7.11 Å². The summed E-state index contributed by atoms with van der Waals surface area (Å²) in [6.07, 6.45) is 1.65. The summed E-state index contributed by atoms with van der Waals surface area (Å²) < 4.78 is 5.21. The fourth-order valence-electron chi connectivity index (χ4n) is 1.58. The molecule has 0 aliphatic heterocycles. The average molecular weight is 234 g/mol. The fraction of sp³-hybridized carbons (Fsp3) is 0.154. The van der Waals surface area contributed by atoms with Crippen molar-refractivity contribution in [2.24, 2.45) is 0 Å². The number of aryl methyl sites for hydroxylation is 1. The Morgan fingerprint density at radius 1 is 1.19 bits per heavy atom. The van der Waals surface area contributed by atoms with E-state index in [2.05, 4.69) is 11.1 Å². The molecule has 0 amide bonds. The van der Waals surface area contributed by atoms with Crippen LogP contribution in [0.25, 0.3) is 11.3 Å². The Hall–Kier alpha value is -1.54. The van der Waals surface area contributed by atoms with Gasteiger partial charge in [0.25, 0.3) is 0 Å². The van der Waals surface area contributed by atoms with E-state index in [0.29, 0.717) is 5.02 Å². The quantitative estimate of drug-likeness (QED) is 0.789. The summed E-state index contributed by atoms with van der Waals surface area (Å²) in [4.78, 5) is 4.27. The number of ether oxygens (including phenoxy) is 1. The van der Waals surface area contributed by atoms with Gasteiger partial charge in [0.1, 0.15) is 5.75 Å². The number of hydrogen-bond donors (Lipinski definition) is 0. The smallest absolute Gasteiger partial charge is 0.121 e. The number of halogens is 1. The summed E-state index contributed by atoms with van der Waals surface area (Å²) >= 11 is 5.80. The lowest BCUT2D eigenvalue weighted by atomic mass is 10.1. The first kappa shape index (κ1) is 11.0. The van der Waals surface area contributed by atoms with Crippen LogP contribution in [0.5, 0.6) is 5.75 Å². The van der Waals surface area contributed by atoms with E-state index >= 15 is 0 Å². The number of aromatic nitrogens is 1. The predicted octanol–water partition coefficient (Wildman–Crippen LogP) is 3.72. The largest absolute Gasteiger partial charge is 0.496 e. The summed E-state index contributed by atoms with van der Waals surface area (Å²) in [5.41, 5.74) is 3.07. The summed E-state index contributed by atoms with van der Waals surface area (Å²) in [6, 6.07) is 9.73. The van der Waals surface area contributed by atoms with Gasteiger partial charge < -0.3 is 4.74 Å². The highest BCUT2D eigenvalue weighted by Crippen LogP contribution is 2.25. The summed E-state index contributed by atoms with van der Waals surface area (Å²) in [7, 11) is 1.67. The number of benzene rings is 1. The number of nitrogens with zero attached hydrogens (tertiary/aromatic N) is 1. The van der Waals surface area contributed by atoms with Crippen molar-refractivity contribution < 1.29 is 4.74 Å². The molecule has 2 aromatic rings. The van der Waals surface area contributed by atoms with Crippen LogP contribution in [0.15, 0.2) is 36.5 Å². The zero-order chi connectivity index (χ0) is 11.5. The lowest BCUT2D eigenvalue weighted by Gasteiger charge is -2.06. The van der Waals surface area contributed by atoms with E-state index in [1.165, 1.54) is 0 Å². The molecule has 82 valence electrons. The van der Waals surface area contributed by atoms with E-state index in [4.69, 9.17) is 16.3 Å². The molecule has 3 heteroatoms. The highest BCUT2D eigenvalue weighted by atomic mass is 35.5. The number of hydrogen-bond acceptors (Lipinski definition) is 2. The molecule has 0 radical (unpaired) electrons. The number of rotatable bonds is 2. The molecule has 0 N–H and O–H groups in total. The molecule has 0 saturated carbocycles. The molecule has 0 aliphatic carbocycles. The zero-order valence-electron chi connectivity index (χ0n) is 9.20. The maximum atomic E-state index is 5.80. The van der Waals surface area contributed by atoms with Crippen LogP contribution in [-0.2, 0) is 0 Å². The van der Waals surface area contributed by atoms with Gasteiger partial charge in [-0.15, -0.1) is 0 Å². The number of pyridine rings is 1. The second-order valence-electron chi connectivity index (χ2n) is 3.55. The molecule has 2 rings (SSSR count). The SMILES string of the molecule is COc1ccc(-c2ccc(Cl)cn2)cc1C. The molecule has 1 aromatic heterocycles. The van der Waals surface area contributed by atoms with E-state index in [1.807, 2.05) is 31.2 Å². The molecule has 0 spiro atoms. The van der Waals surface area contributed by atoms with E-state index in [-0.39, 0.29) is 0 Å². The second-order valence-corrected chi connectivity index (χ2v) is 3.98. The molecule has 0 atom stereocenters. The monoisotopic (exact) mass is 233 g/mol.